The normalized spacial score (nSPS) is 15.9. The zero-order valence-corrected chi connectivity index (χ0v) is 9.95. The van der Waals surface area contributed by atoms with E-state index in [2.05, 4.69) is 10.6 Å². The molecule has 0 atom stereocenters. The largest absolute Gasteiger partial charge is 0.480 e. The molecule has 1 aliphatic carbocycles. The molecular weight excluding hydrogens is 226 g/mol. The smallest absolute Gasteiger partial charge is 0.329 e. The number of nitrogens with one attached hydrogen (secondary N) is 2. The van der Waals surface area contributed by atoms with Gasteiger partial charge in [0.05, 0.1) is 6.54 Å². The number of carboxylic acid groups (broad SMARTS) is 1. The third kappa shape index (κ3) is 3.33. The Bertz CT molecular complexity index is 338. The number of rotatable bonds is 5. The predicted molar refractivity (Wildman–Crippen MR) is 59.4 cm³/mol. The van der Waals surface area contributed by atoms with Gasteiger partial charge in [-0.2, -0.15) is 0 Å². The van der Waals surface area contributed by atoms with E-state index in [0.29, 0.717) is 19.4 Å². The molecule has 17 heavy (non-hydrogen) atoms. The average molecular weight is 243 g/mol. The fourth-order valence-corrected chi connectivity index (χ4v) is 1.25. The van der Waals surface area contributed by atoms with Crippen molar-refractivity contribution in [2.24, 2.45) is 0 Å². The summed E-state index contributed by atoms with van der Waals surface area (Å²) < 4.78 is 0. The predicted octanol–water partition coefficient (Wildman–Crippen LogP) is -0.619. The summed E-state index contributed by atoms with van der Waals surface area (Å²) in [4.78, 5) is 35.0. The van der Waals surface area contributed by atoms with Crippen molar-refractivity contribution in [3.63, 3.8) is 0 Å². The third-order valence-electron chi connectivity index (χ3n) is 2.81. The Labute approximate surface area is 99.2 Å². The van der Waals surface area contributed by atoms with Gasteiger partial charge in [0.1, 0.15) is 5.54 Å². The van der Waals surface area contributed by atoms with Gasteiger partial charge < -0.3 is 20.6 Å². The lowest BCUT2D eigenvalue weighted by Crippen LogP contribution is -2.50. The second-order valence-electron chi connectivity index (χ2n) is 4.10. The minimum Gasteiger partial charge on any atom is -0.480 e. The van der Waals surface area contributed by atoms with E-state index >= 15 is 0 Å². The topological polar surface area (TPSA) is 98.7 Å². The van der Waals surface area contributed by atoms with Gasteiger partial charge in [0.15, 0.2) is 0 Å². The van der Waals surface area contributed by atoms with Gasteiger partial charge >= 0.3 is 12.0 Å². The van der Waals surface area contributed by atoms with Crippen molar-refractivity contribution in [1.82, 2.24) is 15.5 Å². The van der Waals surface area contributed by atoms with E-state index in [1.165, 1.54) is 4.90 Å². The molecule has 3 N–H and O–H groups in total. The Balaban J connectivity index is 2.31. The highest BCUT2D eigenvalue weighted by atomic mass is 16.4. The molecule has 0 aromatic rings. The van der Waals surface area contributed by atoms with Crippen LogP contribution in [0.5, 0.6) is 0 Å². The van der Waals surface area contributed by atoms with Gasteiger partial charge in [-0.15, -0.1) is 0 Å². The quantitative estimate of drug-likeness (QED) is 0.599. The molecule has 1 aliphatic rings. The second-order valence-corrected chi connectivity index (χ2v) is 4.10. The summed E-state index contributed by atoms with van der Waals surface area (Å²) in [6.07, 6.45) is 0.858. The van der Waals surface area contributed by atoms with Crippen LogP contribution in [-0.4, -0.2) is 53.6 Å². The SMILES string of the molecule is CCN(C)C(=O)CNC(=O)NC1(C(=O)O)CC1. The van der Waals surface area contributed by atoms with Gasteiger partial charge in [0.2, 0.25) is 5.91 Å². The fourth-order valence-electron chi connectivity index (χ4n) is 1.25. The summed E-state index contributed by atoms with van der Waals surface area (Å²) >= 11 is 0. The van der Waals surface area contributed by atoms with Gasteiger partial charge in [0.25, 0.3) is 0 Å². The Hall–Kier alpha value is -1.79. The van der Waals surface area contributed by atoms with Crippen LogP contribution in [0, 0.1) is 0 Å². The van der Waals surface area contributed by atoms with Crippen LogP contribution in [0.1, 0.15) is 19.8 Å². The summed E-state index contributed by atoms with van der Waals surface area (Å²) in [6.45, 7) is 2.24. The van der Waals surface area contributed by atoms with Gasteiger partial charge in [-0.05, 0) is 19.8 Å². The number of aliphatic carboxylic acids is 1. The van der Waals surface area contributed by atoms with Crippen LogP contribution in [0.4, 0.5) is 4.79 Å². The number of carboxylic acids is 1. The van der Waals surface area contributed by atoms with Gasteiger partial charge in [-0.3, -0.25) is 4.79 Å². The number of nitrogens with zero attached hydrogens (tertiary/aromatic N) is 1. The molecule has 0 bridgehead atoms. The molecule has 1 fully saturated rings. The van der Waals surface area contributed by atoms with Gasteiger partial charge in [-0.25, -0.2) is 9.59 Å². The Morgan fingerprint density at radius 2 is 1.94 bits per heavy atom. The first-order chi connectivity index (χ1) is 7.91. The molecule has 0 unspecified atom stereocenters. The van der Waals surface area contributed by atoms with Crippen LogP contribution in [0.25, 0.3) is 0 Å². The zero-order valence-electron chi connectivity index (χ0n) is 9.95. The highest BCUT2D eigenvalue weighted by molar-refractivity contribution is 5.90. The molecular formula is C10H17N3O4. The Morgan fingerprint density at radius 1 is 1.35 bits per heavy atom. The van der Waals surface area contributed by atoms with E-state index in [1.54, 1.807) is 7.05 Å². The van der Waals surface area contributed by atoms with Gasteiger partial charge in [0, 0.05) is 13.6 Å². The molecule has 0 aliphatic heterocycles. The number of hydrogen-bond acceptors (Lipinski definition) is 3. The van der Waals surface area contributed by atoms with E-state index in [9.17, 15) is 14.4 Å². The third-order valence-corrected chi connectivity index (χ3v) is 2.81. The van der Waals surface area contributed by atoms with E-state index in [0.717, 1.165) is 0 Å². The first-order valence-electron chi connectivity index (χ1n) is 5.44. The maximum atomic E-state index is 11.4. The molecule has 3 amide bonds. The monoisotopic (exact) mass is 243 g/mol. The molecule has 7 heteroatoms. The summed E-state index contributed by atoms with van der Waals surface area (Å²) in [7, 11) is 1.63. The molecule has 0 heterocycles. The van der Waals surface area contributed by atoms with E-state index in [-0.39, 0.29) is 12.5 Å². The van der Waals surface area contributed by atoms with Crippen LogP contribution in [0.2, 0.25) is 0 Å². The van der Waals surface area contributed by atoms with E-state index in [1.807, 2.05) is 6.92 Å². The number of hydrogen-bond donors (Lipinski definition) is 3. The highest BCUT2D eigenvalue weighted by Gasteiger charge is 2.51. The first-order valence-corrected chi connectivity index (χ1v) is 5.44. The summed E-state index contributed by atoms with van der Waals surface area (Å²) in [5.74, 6) is -1.26. The number of carbonyl (C=O) groups is 3. The molecule has 0 radical (unpaired) electrons. The van der Waals surface area contributed by atoms with Crippen molar-refractivity contribution in [2.75, 3.05) is 20.1 Å². The lowest BCUT2D eigenvalue weighted by Gasteiger charge is -2.16. The molecule has 1 rings (SSSR count). The minimum atomic E-state index is -1.12. The van der Waals surface area contributed by atoms with Gasteiger partial charge in [-0.1, -0.05) is 0 Å². The highest BCUT2D eigenvalue weighted by Crippen LogP contribution is 2.35. The lowest BCUT2D eigenvalue weighted by molar-refractivity contribution is -0.140. The van der Waals surface area contributed by atoms with Crippen LogP contribution in [0.3, 0.4) is 0 Å². The van der Waals surface area contributed by atoms with Crippen molar-refractivity contribution < 1.29 is 19.5 Å². The van der Waals surface area contributed by atoms with Crippen LogP contribution >= 0.6 is 0 Å². The fraction of sp³-hybridized carbons (Fsp3) is 0.700. The van der Waals surface area contributed by atoms with Crippen molar-refractivity contribution in [3.8, 4) is 0 Å². The molecule has 1 saturated carbocycles. The van der Waals surface area contributed by atoms with E-state index < -0.39 is 17.5 Å². The van der Waals surface area contributed by atoms with Crippen LogP contribution in [-0.2, 0) is 9.59 Å². The molecule has 0 spiro atoms. The molecule has 7 nitrogen and oxygen atoms in total. The molecule has 0 saturated heterocycles. The van der Waals surface area contributed by atoms with Crippen LogP contribution < -0.4 is 10.6 Å². The van der Waals surface area contributed by atoms with Crippen LogP contribution in [0.15, 0.2) is 0 Å². The summed E-state index contributed by atoms with van der Waals surface area (Å²) in [6, 6.07) is -0.622. The number of likely N-dealkylation sites (N-methyl/N-ethyl adjacent to an activating group) is 1. The molecule has 0 aromatic heterocycles. The summed E-state index contributed by atoms with van der Waals surface area (Å²) in [5, 5.41) is 13.5. The van der Waals surface area contributed by atoms with Crippen molar-refractivity contribution in [1.29, 1.82) is 0 Å². The second kappa shape index (κ2) is 5.03. The Morgan fingerprint density at radius 3 is 2.35 bits per heavy atom. The minimum absolute atomic E-state index is 0.133. The molecule has 96 valence electrons. The first kappa shape index (κ1) is 13.3. The maximum absolute atomic E-state index is 11.4. The van der Waals surface area contributed by atoms with Crippen molar-refractivity contribution in [2.45, 2.75) is 25.3 Å². The number of carbonyl (C=O) groups excluding carboxylic acids is 2. The molecule has 0 aromatic carbocycles. The van der Waals surface area contributed by atoms with Crippen molar-refractivity contribution in [3.05, 3.63) is 0 Å². The average Bonchev–Trinajstić information content (AvgIpc) is 3.05. The number of amides is 3. The summed E-state index contributed by atoms with van der Waals surface area (Å²) in [5.41, 5.74) is -1.12. The van der Waals surface area contributed by atoms with Crippen molar-refractivity contribution >= 4 is 17.9 Å². The standard InChI is InChI=1S/C10H17N3O4/c1-3-13(2)7(14)6-11-9(17)12-10(4-5-10)8(15)16/h3-6H2,1-2H3,(H,15,16)(H2,11,12,17). The van der Waals surface area contributed by atoms with E-state index in [4.69, 9.17) is 5.11 Å². The zero-order chi connectivity index (χ0) is 13.1. The lowest BCUT2D eigenvalue weighted by atomic mass is 10.3. The Kier molecular flexibility index (Phi) is 3.93. The maximum Gasteiger partial charge on any atom is 0.329 e. The number of urea groups is 1.